The largest absolute Gasteiger partial charge is 0.469 e. The number of nitrogens with one attached hydrogen (secondary N) is 1. The van der Waals surface area contributed by atoms with Crippen LogP contribution in [0.1, 0.15) is 28.0 Å². The summed E-state index contributed by atoms with van der Waals surface area (Å²) in [5.74, 6) is 0.795. The molecule has 0 saturated carbocycles. The van der Waals surface area contributed by atoms with E-state index < -0.39 is 0 Å². The molecular formula is C18H21NO2. The number of hydrogen-bond acceptors (Lipinski definition) is 2. The van der Waals surface area contributed by atoms with E-state index in [-0.39, 0.29) is 5.91 Å². The molecule has 2 rings (SSSR count). The van der Waals surface area contributed by atoms with Crippen molar-refractivity contribution in [2.24, 2.45) is 0 Å². The van der Waals surface area contributed by atoms with E-state index >= 15 is 0 Å². The maximum atomic E-state index is 11.8. The van der Waals surface area contributed by atoms with E-state index in [0.29, 0.717) is 13.0 Å². The van der Waals surface area contributed by atoms with Crippen LogP contribution in [0.25, 0.3) is 6.08 Å². The Balaban J connectivity index is 1.88. The number of aryl methyl sites for hydroxylation is 3. The van der Waals surface area contributed by atoms with Gasteiger partial charge in [-0.3, -0.25) is 4.79 Å². The van der Waals surface area contributed by atoms with Crippen molar-refractivity contribution in [2.75, 3.05) is 6.54 Å². The second kappa shape index (κ2) is 6.93. The van der Waals surface area contributed by atoms with Gasteiger partial charge in [-0.15, -0.1) is 0 Å². The van der Waals surface area contributed by atoms with Gasteiger partial charge in [-0.1, -0.05) is 12.1 Å². The first-order valence-electron chi connectivity index (χ1n) is 7.12. The van der Waals surface area contributed by atoms with Crippen molar-refractivity contribution in [3.63, 3.8) is 0 Å². The first kappa shape index (κ1) is 15.1. The zero-order valence-corrected chi connectivity index (χ0v) is 12.8. The third-order valence-electron chi connectivity index (χ3n) is 3.55. The Morgan fingerprint density at radius 1 is 1.19 bits per heavy atom. The molecule has 1 aromatic heterocycles. The van der Waals surface area contributed by atoms with E-state index in [0.717, 1.165) is 11.3 Å². The SMILES string of the molecule is Cc1cc(C)c(/C=C/C(=O)NCCc2ccco2)cc1C. The van der Waals surface area contributed by atoms with Crippen LogP contribution < -0.4 is 5.32 Å². The van der Waals surface area contributed by atoms with Gasteiger partial charge in [-0.2, -0.15) is 0 Å². The fourth-order valence-corrected chi connectivity index (χ4v) is 2.15. The van der Waals surface area contributed by atoms with Crippen LogP contribution in [0, 0.1) is 20.8 Å². The lowest BCUT2D eigenvalue weighted by atomic mass is 10.0. The Labute approximate surface area is 125 Å². The highest BCUT2D eigenvalue weighted by molar-refractivity contribution is 5.91. The van der Waals surface area contributed by atoms with Gasteiger partial charge in [-0.25, -0.2) is 0 Å². The smallest absolute Gasteiger partial charge is 0.244 e. The standard InChI is InChI=1S/C18H21NO2/c1-13-11-15(3)16(12-14(13)2)6-7-18(20)19-9-8-17-5-4-10-21-17/h4-7,10-12H,8-9H2,1-3H3,(H,19,20)/b7-6+. The van der Waals surface area contributed by atoms with Crippen molar-refractivity contribution >= 4 is 12.0 Å². The summed E-state index contributed by atoms with van der Waals surface area (Å²) in [6.07, 6.45) is 5.79. The van der Waals surface area contributed by atoms with Crippen molar-refractivity contribution in [3.05, 3.63) is 64.6 Å². The summed E-state index contributed by atoms with van der Waals surface area (Å²) in [5, 5.41) is 2.85. The summed E-state index contributed by atoms with van der Waals surface area (Å²) in [6.45, 7) is 6.80. The van der Waals surface area contributed by atoms with Gasteiger partial charge in [0.1, 0.15) is 5.76 Å². The number of benzene rings is 1. The molecule has 0 spiro atoms. The molecule has 1 N–H and O–H groups in total. The molecule has 3 nitrogen and oxygen atoms in total. The summed E-state index contributed by atoms with van der Waals surface area (Å²) in [7, 11) is 0. The van der Waals surface area contributed by atoms with E-state index in [9.17, 15) is 4.79 Å². The predicted molar refractivity (Wildman–Crippen MR) is 85.1 cm³/mol. The monoisotopic (exact) mass is 283 g/mol. The average Bonchev–Trinajstić information content (AvgIpc) is 2.94. The van der Waals surface area contributed by atoms with E-state index in [1.54, 1.807) is 12.3 Å². The molecule has 3 heteroatoms. The van der Waals surface area contributed by atoms with Crippen molar-refractivity contribution in [1.29, 1.82) is 0 Å². The second-order valence-corrected chi connectivity index (χ2v) is 5.25. The van der Waals surface area contributed by atoms with Crippen LogP contribution in [0.3, 0.4) is 0 Å². The van der Waals surface area contributed by atoms with E-state index in [4.69, 9.17) is 4.42 Å². The minimum atomic E-state index is -0.0841. The molecular weight excluding hydrogens is 262 g/mol. The van der Waals surface area contributed by atoms with Crippen molar-refractivity contribution < 1.29 is 9.21 Å². The molecule has 2 aromatic rings. The Morgan fingerprint density at radius 3 is 2.67 bits per heavy atom. The maximum Gasteiger partial charge on any atom is 0.244 e. The van der Waals surface area contributed by atoms with Crippen LogP contribution in [0.4, 0.5) is 0 Å². The zero-order chi connectivity index (χ0) is 15.2. The Kier molecular flexibility index (Phi) is 4.99. The summed E-state index contributed by atoms with van der Waals surface area (Å²) in [6, 6.07) is 8.00. The third kappa shape index (κ3) is 4.35. The molecule has 0 fully saturated rings. The maximum absolute atomic E-state index is 11.8. The number of hydrogen-bond donors (Lipinski definition) is 1. The quantitative estimate of drug-likeness (QED) is 0.852. The minimum Gasteiger partial charge on any atom is -0.469 e. The van der Waals surface area contributed by atoms with Gasteiger partial charge in [0.15, 0.2) is 0 Å². The lowest BCUT2D eigenvalue weighted by Gasteiger charge is -2.06. The number of amides is 1. The van der Waals surface area contributed by atoms with Crippen LogP contribution in [-0.4, -0.2) is 12.5 Å². The highest BCUT2D eigenvalue weighted by Crippen LogP contribution is 2.16. The van der Waals surface area contributed by atoms with Gasteiger partial charge in [0.05, 0.1) is 6.26 Å². The average molecular weight is 283 g/mol. The van der Waals surface area contributed by atoms with Crippen molar-refractivity contribution in [1.82, 2.24) is 5.32 Å². The first-order valence-corrected chi connectivity index (χ1v) is 7.12. The van der Waals surface area contributed by atoms with Gasteiger partial charge >= 0.3 is 0 Å². The molecule has 0 aliphatic carbocycles. The minimum absolute atomic E-state index is 0.0841. The van der Waals surface area contributed by atoms with Crippen molar-refractivity contribution in [2.45, 2.75) is 27.2 Å². The summed E-state index contributed by atoms with van der Waals surface area (Å²) in [5.41, 5.74) is 4.77. The molecule has 1 heterocycles. The van der Waals surface area contributed by atoms with Gasteiger partial charge in [0.2, 0.25) is 5.91 Å². The van der Waals surface area contributed by atoms with Gasteiger partial charge < -0.3 is 9.73 Å². The van der Waals surface area contributed by atoms with Gasteiger partial charge in [0.25, 0.3) is 0 Å². The first-order chi connectivity index (χ1) is 10.1. The number of carbonyl (C=O) groups excluding carboxylic acids is 1. The number of rotatable bonds is 5. The fourth-order valence-electron chi connectivity index (χ4n) is 2.15. The number of carbonyl (C=O) groups is 1. The zero-order valence-electron chi connectivity index (χ0n) is 12.8. The Morgan fingerprint density at radius 2 is 1.95 bits per heavy atom. The van der Waals surface area contributed by atoms with Crippen LogP contribution in [-0.2, 0) is 11.2 Å². The molecule has 0 aliphatic heterocycles. The Hall–Kier alpha value is -2.29. The molecule has 1 amide bonds. The van der Waals surface area contributed by atoms with Crippen molar-refractivity contribution in [3.8, 4) is 0 Å². The van der Waals surface area contributed by atoms with Crippen LogP contribution >= 0.6 is 0 Å². The summed E-state index contributed by atoms with van der Waals surface area (Å²) >= 11 is 0. The van der Waals surface area contributed by atoms with Gasteiger partial charge in [-0.05, 0) is 61.2 Å². The van der Waals surface area contributed by atoms with E-state index in [1.165, 1.54) is 16.7 Å². The molecule has 0 radical (unpaired) electrons. The predicted octanol–water partition coefficient (Wildman–Crippen LogP) is 3.58. The van der Waals surface area contributed by atoms with Gasteiger partial charge in [0, 0.05) is 19.0 Å². The summed E-state index contributed by atoms with van der Waals surface area (Å²) < 4.78 is 5.22. The molecule has 0 atom stereocenters. The molecule has 1 aromatic carbocycles. The lowest BCUT2D eigenvalue weighted by Crippen LogP contribution is -2.23. The molecule has 110 valence electrons. The highest BCUT2D eigenvalue weighted by Gasteiger charge is 2.01. The number of furan rings is 1. The van der Waals surface area contributed by atoms with Crippen LogP contribution in [0.15, 0.2) is 41.0 Å². The lowest BCUT2D eigenvalue weighted by molar-refractivity contribution is -0.116. The molecule has 0 saturated heterocycles. The fraction of sp³-hybridized carbons (Fsp3) is 0.278. The second-order valence-electron chi connectivity index (χ2n) is 5.25. The van der Waals surface area contributed by atoms with Crippen LogP contribution in [0.2, 0.25) is 0 Å². The summed E-state index contributed by atoms with van der Waals surface area (Å²) in [4.78, 5) is 11.8. The molecule has 0 unspecified atom stereocenters. The van der Waals surface area contributed by atoms with E-state index in [1.807, 2.05) is 18.2 Å². The van der Waals surface area contributed by atoms with E-state index in [2.05, 4.69) is 38.2 Å². The highest BCUT2D eigenvalue weighted by atomic mass is 16.3. The molecule has 0 aliphatic rings. The Bertz CT molecular complexity index is 639. The molecule has 0 bridgehead atoms. The third-order valence-corrected chi connectivity index (χ3v) is 3.55. The van der Waals surface area contributed by atoms with Crippen LogP contribution in [0.5, 0.6) is 0 Å². The topological polar surface area (TPSA) is 42.2 Å². The molecule has 21 heavy (non-hydrogen) atoms. The normalized spacial score (nSPS) is 11.0.